The van der Waals surface area contributed by atoms with Crippen LogP contribution in [-0.4, -0.2) is 16.7 Å². The highest BCUT2D eigenvalue weighted by molar-refractivity contribution is 6.06. The van der Waals surface area contributed by atoms with Crippen molar-refractivity contribution < 1.29 is 9.59 Å². The summed E-state index contributed by atoms with van der Waals surface area (Å²) in [4.78, 5) is 26.5. The summed E-state index contributed by atoms with van der Waals surface area (Å²) in [5, 5.41) is 0. The van der Waals surface area contributed by atoms with Crippen LogP contribution in [0.3, 0.4) is 0 Å². The molecule has 1 aromatic rings. The molecule has 2 N–H and O–H groups in total. The molecule has 1 spiro atoms. The van der Waals surface area contributed by atoms with E-state index in [-0.39, 0.29) is 17.9 Å². The predicted octanol–water partition coefficient (Wildman–Crippen LogP) is 2.65. The molecule has 4 nitrogen and oxygen atoms in total. The maximum atomic E-state index is 12.7. The molecule has 1 heterocycles. The monoisotopic (exact) mass is 272 g/mol. The molecular formula is C16H20N2O2. The van der Waals surface area contributed by atoms with Gasteiger partial charge in [-0.1, -0.05) is 25.0 Å². The van der Waals surface area contributed by atoms with Gasteiger partial charge in [-0.15, -0.1) is 0 Å². The van der Waals surface area contributed by atoms with Gasteiger partial charge in [0.05, 0.1) is 11.5 Å². The fourth-order valence-corrected chi connectivity index (χ4v) is 3.62. The lowest BCUT2D eigenvalue weighted by Crippen LogP contribution is -2.36. The number of benzene rings is 1. The van der Waals surface area contributed by atoms with E-state index < -0.39 is 5.41 Å². The van der Waals surface area contributed by atoms with Crippen LogP contribution in [0.2, 0.25) is 0 Å². The fraction of sp³-hybridized carbons (Fsp3) is 0.500. The quantitative estimate of drug-likeness (QED) is 0.665. The number of nitrogens with zero attached hydrogens (tertiary/aromatic N) is 1. The number of rotatable bonds is 2. The Morgan fingerprint density at radius 1 is 1.25 bits per heavy atom. The lowest BCUT2D eigenvalue weighted by Gasteiger charge is -2.26. The molecule has 1 aliphatic heterocycles. The standard InChI is InChI=1S/C16H20N2O2/c1-11(12-5-4-6-13(17)9-12)18-14(19)10-16(15(18)20)7-2-3-8-16/h4-6,9,11H,2-3,7-8,10,17H2,1H3. The van der Waals surface area contributed by atoms with Gasteiger partial charge in [-0.05, 0) is 37.5 Å². The van der Waals surface area contributed by atoms with E-state index in [9.17, 15) is 9.59 Å². The average Bonchev–Trinajstić information content (AvgIpc) is 2.96. The van der Waals surface area contributed by atoms with Crippen LogP contribution >= 0.6 is 0 Å². The number of carbonyl (C=O) groups is 2. The molecule has 0 bridgehead atoms. The van der Waals surface area contributed by atoms with Crippen LogP contribution in [0.5, 0.6) is 0 Å². The molecule has 2 amide bonds. The summed E-state index contributed by atoms with van der Waals surface area (Å²) >= 11 is 0. The van der Waals surface area contributed by atoms with Crippen LogP contribution in [-0.2, 0) is 9.59 Å². The van der Waals surface area contributed by atoms with Gasteiger partial charge in [0.1, 0.15) is 0 Å². The van der Waals surface area contributed by atoms with Gasteiger partial charge in [0.15, 0.2) is 0 Å². The Balaban J connectivity index is 1.90. The lowest BCUT2D eigenvalue weighted by atomic mass is 9.84. The van der Waals surface area contributed by atoms with E-state index in [1.807, 2.05) is 31.2 Å². The Morgan fingerprint density at radius 3 is 2.60 bits per heavy atom. The highest BCUT2D eigenvalue weighted by atomic mass is 16.2. The molecule has 1 saturated carbocycles. The zero-order valence-corrected chi connectivity index (χ0v) is 11.8. The second-order valence-electron chi connectivity index (χ2n) is 6.08. The van der Waals surface area contributed by atoms with Crippen molar-refractivity contribution in [2.24, 2.45) is 5.41 Å². The molecule has 2 fully saturated rings. The molecule has 2 aliphatic rings. The minimum Gasteiger partial charge on any atom is -0.399 e. The van der Waals surface area contributed by atoms with E-state index in [4.69, 9.17) is 5.73 Å². The van der Waals surface area contributed by atoms with Crippen LogP contribution in [0, 0.1) is 5.41 Å². The van der Waals surface area contributed by atoms with Gasteiger partial charge in [0, 0.05) is 12.1 Å². The maximum Gasteiger partial charge on any atom is 0.236 e. The third kappa shape index (κ3) is 1.90. The van der Waals surface area contributed by atoms with Crippen LogP contribution in [0.4, 0.5) is 5.69 Å². The fourth-order valence-electron chi connectivity index (χ4n) is 3.62. The third-order valence-electron chi connectivity index (χ3n) is 4.77. The zero-order valence-electron chi connectivity index (χ0n) is 11.8. The number of anilines is 1. The van der Waals surface area contributed by atoms with Crippen molar-refractivity contribution in [2.45, 2.75) is 45.1 Å². The molecule has 106 valence electrons. The Morgan fingerprint density at radius 2 is 1.95 bits per heavy atom. The Hall–Kier alpha value is -1.84. The van der Waals surface area contributed by atoms with Gasteiger partial charge in [-0.2, -0.15) is 0 Å². The second kappa shape index (κ2) is 4.62. The Bertz CT molecular complexity index is 561. The van der Waals surface area contributed by atoms with E-state index in [0.717, 1.165) is 31.2 Å². The van der Waals surface area contributed by atoms with Crippen molar-refractivity contribution >= 4 is 17.5 Å². The van der Waals surface area contributed by atoms with Gasteiger partial charge in [0.2, 0.25) is 11.8 Å². The van der Waals surface area contributed by atoms with Crippen molar-refractivity contribution in [1.82, 2.24) is 4.90 Å². The molecule has 4 heteroatoms. The van der Waals surface area contributed by atoms with Crippen molar-refractivity contribution in [3.8, 4) is 0 Å². The smallest absolute Gasteiger partial charge is 0.236 e. The minimum atomic E-state index is -0.397. The molecule has 20 heavy (non-hydrogen) atoms. The summed E-state index contributed by atoms with van der Waals surface area (Å²) in [6, 6.07) is 7.19. The second-order valence-corrected chi connectivity index (χ2v) is 6.08. The Kier molecular flexibility index (Phi) is 3.04. The molecule has 0 aromatic heterocycles. The zero-order chi connectivity index (χ0) is 14.3. The minimum absolute atomic E-state index is 0.0231. The first-order chi connectivity index (χ1) is 9.53. The first-order valence-electron chi connectivity index (χ1n) is 7.25. The van der Waals surface area contributed by atoms with Crippen LogP contribution < -0.4 is 5.73 Å². The van der Waals surface area contributed by atoms with Crippen molar-refractivity contribution in [3.63, 3.8) is 0 Å². The highest BCUT2D eigenvalue weighted by Crippen LogP contribution is 2.48. The van der Waals surface area contributed by atoms with E-state index in [1.54, 1.807) is 0 Å². The van der Waals surface area contributed by atoms with Crippen molar-refractivity contribution in [2.75, 3.05) is 5.73 Å². The summed E-state index contributed by atoms with van der Waals surface area (Å²) < 4.78 is 0. The average molecular weight is 272 g/mol. The van der Waals surface area contributed by atoms with Gasteiger partial charge in [0.25, 0.3) is 0 Å². The van der Waals surface area contributed by atoms with Gasteiger partial charge in [-0.25, -0.2) is 0 Å². The number of hydrogen-bond donors (Lipinski definition) is 1. The molecule has 0 radical (unpaired) electrons. The largest absolute Gasteiger partial charge is 0.399 e. The number of nitrogens with two attached hydrogens (primary N) is 1. The summed E-state index contributed by atoms with van der Waals surface area (Å²) in [5.74, 6) is -0.0123. The van der Waals surface area contributed by atoms with E-state index >= 15 is 0 Å². The SMILES string of the molecule is CC(c1cccc(N)c1)N1C(=O)CC2(CCCC2)C1=O. The van der Waals surface area contributed by atoms with Gasteiger partial charge in [-0.3, -0.25) is 14.5 Å². The number of imide groups is 1. The Labute approximate surface area is 118 Å². The summed E-state index contributed by atoms with van der Waals surface area (Å²) in [6.07, 6.45) is 4.22. The molecule has 1 unspecified atom stereocenters. The first-order valence-corrected chi connectivity index (χ1v) is 7.25. The molecule has 1 aromatic carbocycles. The number of hydrogen-bond acceptors (Lipinski definition) is 3. The number of likely N-dealkylation sites (tertiary alicyclic amines) is 1. The van der Waals surface area contributed by atoms with Gasteiger partial charge >= 0.3 is 0 Å². The predicted molar refractivity (Wildman–Crippen MR) is 76.6 cm³/mol. The van der Waals surface area contributed by atoms with Gasteiger partial charge < -0.3 is 5.73 Å². The van der Waals surface area contributed by atoms with Crippen LogP contribution in [0.1, 0.15) is 50.6 Å². The van der Waals surface area contributed by atoms with E-state index in [2.05, 4.69) is 0 Å². The summed E-state index contributed by atoms with van der Waals surface area (Å²) in [5.41, 5.74) is 6.97. The van der Waals surface area contributed by atoms with Crippen molar-refractivity contribution in [3.05, 3.63) is 29.8 Å². The number of nitrogen functional groups attached to an aromatic ring is 1. The lowest BCUT2D eigenvalue weighted by molar-refractivity contribution is -0.143. The normalized spacial score (nSPS) is 22.8. The molecule has 1 aliphatic carbocycles. The van der Waals surface area contributed by atoms with Crippen LogP contribution in [0.15, 0.2) is 24.3 Å². The molecule has 3 rings (SSSR count). The third-order valence-corrected chi connectivity index (χ3v) is 4.77. The summed E-state index contributed by atoms with van der Waals surface area (Å²) in [6.45, 7) is 1.90. The topological polar surface area (TPSA) is 63.4 Å². The number of carbonyl (C=O) groups excluding carboxylic acids is 2. The molecule has 1 saturated heterocycles. The molecular weight excluding hydrogens is 252 g/mol. The summed E-state index contributed by atoms with van der Waals surface area (Å²) in [7, 11) is 0. The first kappa shape index (κ1) is 13.2. The maximum absolute atomic E-state index is 12.7. The van der Waals surface area contributed by atoms with E-state index in [0.29, 0.717) is 12.1 Å². The van der Waals surface area contributed by atoms with Crippen molar-refractivity contribution in [1.29, 1.82) is 0 Å². The highest BCUT2D eigenvalue weighted by Gasteiger charge is 2.53. The number of amides is 2. The van der Waals surface area contributed by atoms with Crippen LogP contribution in [0.25, 0.3) is 0 Å². The molecule has 1 atom stereocenters. The van der Waals surface area contributed by atoms with E-state index in [1.165, 1.54) is 4.90 Å².